The molecule has 0 aromatic heterocycles. The van der Waals surface area contributed by atoms with Crippen molar-refractivity contribution in [3.05, 3.63) is 53.3 Å². The molecule has 3 N–H and O–H groups in total. The second-order valence-corrected chi connectivity index (χ2v) is 4.43. The van der Waals surface area contributed by atoms with Crippen LogP contribution in [0.5, 0.6) is 23.0 Å². The number of allylic oxidation sites excluding steroid dienone is 1. The summed E-state index contributed by atoms with van der Waals surface area (Å²) in [6.07, 6.45) is 2.38. The van der Waals surface area contributed by atoms with Gasteiger partial charge in [-0.3, -0.25) is 0 Å². The zero-order chi connectivity index (χ0) is 13.4. The predicted molar refractivity (Wildman–Crippen MR) is 70.2 cm³/mol. The van der Waals surface area contributed by atoms with Crippen LogP contribution in [-0.2, 0) is 6.42 Å². The van der Waals surface area contributed by atoms with Gasteiger partial charge in [-0.25, -0.2) is 0 Å². The van der Waals surface area contributed by atoms with E-state index in [9.17, 15) is 15.3 Å². The third kappa shape index (κ3) is 2.20. The highest BCUT2D eigenvalue weighted by Gasteiger charge is 2.17. The van der Waals surface area contributed by atoms with E-state index in [2.05, 4.69) is 0 Å². The summed E-state index contributed by atoms with van der Waals surface area (Å²) in [4.78, 5) is 0. The van der Waals surface area contributed by atoms with Crippen LogP contribution in [0, 0.1) is 0 Å². The Bertz CT molecular complexity index is 674. The summed E-state index contributed by atoms with van der Waals surface area (Å²) < 4.78 is 5.64. The van der Waals surface area contributed by atoms with Crippen molar-refractivity contribution in [2.24, 2.45) is 0 Å². The lowest BCUT2D eigenvalue weighted by Gasteiger charge is -2.01. The van der Waals surface area contributed by atoms with Crippen LogP contribution in [0.1, 0.15) is 11.1 Å². The molecule has 0 radical (unpaired) electrons. The van der Waals surface area contributed by atoms with Crippen LogP contribution in [0.25, 0.3) is 6.08 Å². The van der Waals surface area contributed by atoms with Crippen molar-refractivity contribution in [2.45, 2.75) is 6.42 Å². The molecule has 0 spiro atoms. The molecule has 0 atom stereocenters. The number of rotatable bonds is 1. The number of fused-ring (bicyclic) bond motifs is 1. The maximum atomic E-state index is 9.43. The van der Waals surface area contributed by atoms with Gasteiger partial charge in [0, 0.05) is 12.0 Å². The third-order valence-corrected chi connectivity index (χ3v) is 2.98. The Hall–Kier alpha value is -2.62. The SMILES string of the molecule is Oc1ccc2c(c1)CC(=Cc1ccc(O)c(O)c1)O2. The van der Waals surface area contributed by atoms with E-state index in [4.69, 9.17) is 4.74 Å². The van der Waals surface area contributed by atoms with Crippen LogP contribution in [0.4, 0.5) is 0 Å². The van der Waals surface area contributed by atoms with Gasteiger partial charge in [-0.1, -0.05) is 6.07 Å². The van der Waals surface area contributed by atoms with Gasteiger partial charge in [-0.2, -0.15) is 0 Å². The van der Waals surface area contributed by atoms with E-state index in [0.717, 1.165) is 22.6 Å². The fourth-order valence-corrected chi connectivity index (χ4v) is 2.07. The topological polar surface area (TPSA) is 69.9 Å². The Morgan fingerprint density at radius 1 is 0.947 bits per heavy atom. The molecule has 0 saturated carbocycles. The molecule has 0 aliphatic carbocycles. The summed E-state index contributed by atoms with van der Waals surface area (Å²) in [6.45, 7) is 0. The Labute approximate surface area is 109 Å². The second kappa shape index (κ2) is 4.24. The van der Waals surface area contributed by atoms with Crippen molar-refractivity contribution in [3.8, 4) is 23.0 Å². The maximum Gasteiger partial charge on any atom is 0.157 e. The number of hydrogen-bond donors (Lipinski definition) is 3. The molecule has 19 heavy (non-hydrogen) atoms. The van der Waals surface area contributed by atoms with Gasteiger partial charge < -0.3 is 20.1 Å². The van der Waals surface area contributed by atoms with Gasteiger partial charge >= 0.3 is 0 Å². The van der Waals surface area contributed by atoms with E-state index in [-0.39, 0.29) is 17.2 Å². The summed E-state index contributed by atoms with van der Waals surface area (Å²) in [5.74, 6) is 1.36. The van der Waals surface area contributed by atoms with Gasteiger partial charge in [0.05, 0.1) is 0 Å². The van der Waals surface area contributed by atoms with Crippen molar-refractivity contribution >= 4 is 6.08 Å². The van der Waals surface area contributed by atoms with E-state index in [0.29, 0.717) is 6.42 Å². The van der Waals surface area contributed by atoms with Crippen molar-refractivity contribution < 1.29 is 20.1 Å². The average Bonchev–Trinajstić information content (AvgIpc) is 2.75. The molecule has 2 aromatic rings. The fourth-order valence-electron chi connectivity index (χ4n) is 2.07. The zero-order valence-electron chi connectivity index (χ0n) is 10.00. The van der Waals surface area contributed by atoms with Crippen molar-refractivity contribution in [1.82, 2.24) is 0 Å². The summed E-state index contributed by atoms with van der Waals surface area (Å²) >= 11 is 0. The van der Waals surface area contributed by atoms with Gasteiger partial charge in [-0.15, -0.1) is 0 Å². The van der Waals surface area contributed by atoms with Crippen LogP contribution < -0.4 is 4.74 Å². The van der Waals surface area contributed by atoms with E-state index in [1.807, 2.05) is 0 Å². The van der Waals surface area contributed by atoms with Crippen LogP contribution in [-0.4, -0.2) is 15.3 Å². The fraction of sp³-hybridized carbons (Fsp3) is 0.0667. The monoisotopic (exact) mass is 256 g/mol. The molecule has 0 fully saturated rings. The van der Waals surface area contributed by atoms with E-state index in [1.54, 1.807) is 30.3 Å². The summed E-state index contributed by atoms with van der Waals surface area (Å²) in [6, 6.07) is 9.55. The molecule has 1 heterocycles. The van der Waals surface area contributed by atoms with Crippen molar-refractivity contribution in [2.75, 3.05) is 0 Å². The normalized spacial score (nSPS) is 15.3. The molecule has 1 aliphatic heterocycles. The van der Waals surface area contributed by atoms with Gasteiger partial charge in [0.1, 0.15) is 17.3 Å². The van der Waals surface area contributed by atoms with Gasteiger partial charge in [-0.05, 0) is 42.0 Å². The summed E-state index contributed by atoms with van der Waals surface area (Å²) in [5.41, 5.74) is 1.66. The van der Waals surface area contributed by atoms with Crippen LogP contribution in [0.3, 0.4) is 0 Å². The minimum absolute atomic E-state index is 0.150. The Balaban J connectivity index is 1.89. The molecule has 0 bridgehead atoms. The maximum absolute atomic E-state index is 9.43. The lowest BCUT2D eigenvalue weighted by atomic mass is 10.1. The van der Waals surface area contributed by atoms with Crippen LogP contribution in [0.15, 0.2) is 42.2 Å². The lowest BCUT2D eigenvalue weighted by molar-refractivity contribution is 0.403. The summed E-state index contributed by atoms with van der Waals surface area (Å²) in [7, 11) is 0. The van der Waals surface area contributed by atoms with Gasteiger partial charge in [0.15, 0.2) is 11.5 Å². The molecule has 0 amide bonds. The number of phenolic OH excluding ortho intramolecular Hbond substituents is 3. The minimum atomic E-state index is -0.164. The number of ether oxygens (including phenoxy) is 1. The molecule has 4 heteroatoms. The number of phenols is 3. The first kappa shape index (κ1) is 11.5. The first-order valence-electron chi connectivity index (χ1n) is 5.84. The van der Waals surface area contributed by atoms with Gasteiger partial charge in [0.25, 0.3) is 0 Å². The molecule has 1 aliphatic rings. The summed E-state index contributed by atoms with van der Waals surface area (Å²) in [5, 5.41) is 28.1. The van der Waals surface area contributed by atoms with E-state index < -0.39 is 0 Å². The molecule has 0 unspecified atom stereocenters. The highest BCUT2D eigenvalue weighted by molar-refractivity contribution is 5.60. The Morgan fingerprint density at radius 3 is 2.58 bits per heavy atom. The van der Waals surface area contributed by atoms with Crippen molar-refractivity contribution in [3.63, 3.8) is 0 Å². The number of hydrogen-bond acceptors (Lipinski definition) is 4. The lowest BCUT2D eigenvalue weighted by Crippen LogP contribution is -1.87. The molecule has 4 nitrogen and oxygen atoms in total. The average molecular weight is 256 g/mol. The van der Waals surface area contributed by atoms with E-state index >= 15 is 0 Å². The van der Waals surface area contributed by atoms with Crippen LogP contribution >= 0.6 is 0 Å². The number of aromatic hydroxyl groups is 3. The Morgan fingerprint density at radius 2 is 1.79 bits per heavy atom. The first-order valence-corrected chi connectivity index (χ1v) is 5.84. The Kier molecular flexibility index (Phi) is 2.56. The van der Waals surface area contributed by atoms with Gasteiger partial charge in [0.2, 0.25) is 0 Å². The first-order chi connectivity index (χ1) is 9.11. The molecule has 0 saturated heterocycles. The van der Waals surface area contributed by atoms with Crippen LogP contribution in [0.2, 0.25) is 0 Å². The zero-order valence-corrected chi connectivity index (χ0v) is 10.00. The molecular formula is C15H12O4. The number of benzene rings is 2. The molecule has 2 aromatic carbocycles. The molecular weight excluding hydrogens is 244 g/mol. The highest BCUT2D eigenvalue weighted by atomic mass is 16.5. The van der Waals surface area contributed by atoms with Crippen molar-refractivity contribution in [1.29, 1.82) is 0 Å². The second-order valence-electron chi connectivity index (χ2n) is 4.43. The quantitative estimate of drug-likeness (QED) is 0.686. The predicted octanol–water partition coefficient (Wildman–Crippen LogP) is 2.78. The smallest absolute Gasteiger partial charge is 0.157 e. The van der Waals surface area contributed by atoms with E-state index in [1.165, 1.54) is 12.1 Å². The molecule has 3 rings (SSSR count). The standard InChI is InChI=1S/C15H12O4/c16-11-2-4-15-10(7-11)8-12(19-15)5-9-1-3-13(17)14(18)6-9/h1-7,16-18H,8H2. The molecule has 96 valence electrons. The highest BCUT2D eigenvalue weighted by Crippen LogP contribution is 2.34. The minimum Gasteiger partial charge on any atom is -0.508 e. The largest absolute Gasteiger partial charge is 0.508 e. The third-order valence-electron chi connectivity index (χ3n) is 2.98.